The number of aromatic hydroxyl groups is 1. The lowest BCUT2D eigenvalue weighted by Crippen LogP contribution is -2.61. The molecule has 4 aromatic rings. The number of primary amides is 1. The predicted molar refractivity (Wildman–Crippen MR) is 428 cm³/mol. The van der Waals surface area contributed by atoms with Gasteiger partial charge in [0.05, 0.1) is 19.1 Å². The summed E-state index contributed by atoms with van der Waals surface area (Å²) < 4.78 is 0. The molecule has 37 heteroatoms. The highest BCUT2D eigenvalue weighted by atomic mass is 32.1. The quantitative estimate of drug-likeness (QED) is 0.0160. The minimum Gasteiger partial charge on any atom is -0.508 e. The molecule has 0 bridgehead atoms. The lowest BCUT2D eigenvalue weighted by molar-refractivity contribution is -0.143. The summed E-state index contributed by atoms with van der Waals surface area (Å²) in [5.74, 6) is -15.6. The minimum absolute atomic E-state index is 0.00415. The summed E-state index contributed by atoms with van der Waals surface area (Å²) in [7, 11) is 0. The molecule has 36 nitrogen and oxygen atoms in total. The third kappa shape index (κ3) is 33.1. The number of thiol groups is 1. The maximum absolute atomic E-state index is 14.8. The number of nitrogens with two attached hydrogens (primary N) is 5. The fourth-order valence-electron chi connectivity index (χ4n) is 11.9. The third-order valence-corrected chi connectivity index (χ3v) is 19.0. The number of carboxylic acids is 1. The first-order valence-corrected chi connectivity index (χ1v) is 39.0. The van der Waals surface area contributed by atoms with E-state index in [1.54, 1.807) is 102 Å². The van der Waals surface area contributed by atoms with Crippen molar-refractivity contribution in [2.45, 2.75) is 211 Å². The van der Waals surface area contributed by atoms with Crippen molar-refractivity contribution in [3.63, 3.8) is 0 Å². The van der Waals surface area contributed by atoms with E-state index in [1.807, 2.05) is 0 Å². The molecule has 0 saturated heterocycles. The maximum Gasteiger partial charge on any atom is 0.326 e. The zero-order valence-electron chi connectivity index (χ0n) is 65.7. The number of aromatic nitrogens is 1. The molecule has 114 heavy (non-hydrogen) atoms. The predicted octanol–water partition coefficient (Wildman–Crippen LogP) is -2.55. The molecule has 14 amide bonds. The van der Waals surface area contributed by atoms with Crippen LogP contribution in [0.2, 0.25) is 0 Å². The van der Waals surface area contributed by atoms with Gasteiger partial charge in [0.25, 0.3) is 0 Å². The Kier molecular flexibility index (Phi) is 41.7. The Hall–Kier alpha value is -10.8. The Morgan fingerprint density at radius 3 is 1.34 bits per heavy atom. The molecule has 628 valence electrons. The average Bonchev–Trinajstić information content (AvgIpc) is 1.63. The summed E-state index contributed by atoms with van der Waals surface area (Å²) in [6.07, 6.45) is 3.50. The third-order valence-electron chi connectivity index (χ3n) is 18.6. The van der Waals surface area contributed by atoms with Crippen LogP contribution in [0.4, 0.5) is 0 Å². The summed E-state index contributed by atoms with van der Waals surface area (Å²) in [6, 6.07) is 5.00. The Morgan fingerprint density at radius 1 is 0.412 bits per heavy atom. The van der Waals surface area contributed by atoms with E-state index in [9.17, 15) is 82.1 Å². The van der Waals surface area contributed by atoms with Crippen LogP contribution in [0.5, 0.6) is 5.75 Å². The number of nitrogens with one attached hydrogen (secondary N) is 14. The van der Waals surface area contributed by atoms with Crippen LogP contribution in [0.1, 0.15) is 136 Å². The highest BCUT2D eigenvalue weighted by Crippen LogP contribution is 2.21. The van der Waals surface area contributed by atoms with Crippen molar-refractivity contribution in [2.75, 3.05) is 38.5 Å². The standard InChI is InChI=1S/C77H117N19O17S/c1-42(2)63(95-71(106)54(25-15-18-34-80)88-67(102)51(81)22-13-16-32-78)75(110)89-53(24-14-17-33-79)69(104)90-56(36-47-26-28-49(97)29-27-47)68(103)85-39-61(99)87-55(30-31-60(82)98)70(105)93-59(41-114)74(109)91-58(37-48-38-83-52-23-12-11-21-50(48)52)73(108)96-64(43(3)4)76(111)92-57(35-46-19-9-8-10-20-46)72(107)86-45(7)66(101)84-40-62(100)94-65(44(5)6)77(112)113/h8-12,19-21,23,26-29,38,42-45,51,53-59,63-65,83,97,114H,13-18,22,24-25,30-37,39-41,78-81H2,1-7H3,(H2,82,98)(H,84,101)(H,85,103)(H,86,107)(H,87,99)(H,88,102)(H,89,110)(H,90,104)(H,91,109)(H,92,111)(H,93,105)(H,94,100)(H,95,106)(H,96,108)(H,112,113). The van der Waals surface area contributed by atoms with Crippen molar-refractivity contribution in [2.24, 2.45) is 46.4 Å². The van der Waals surface area contributed by atoms with Crippen molar-refractivity contribution in [1.82, 2.24) is 74.1 Å². The van der Waals surface area contributed by atoms with Crippen LogP contribution in [0.15, 0.2) is 85.1 Å². The van der Waals surface area contributed by atoms with Gasteiger partial charge in [-0.3, -0.25) is 67.1 Å². The lowest BCUT2D eigenvalue weighted by Gasteiger charge is -2.29. The molecule has 0 aliphatic carbocycles. The van der Waals surface area contributed by atoms with Crippen LogP contribution in [0.3, 0.4) is 0 Å². The largest absolute Gasteiger partial charge is 0.508 e. The van der Waals surface area contributed by atoms with E-state index in [4.69, 9.17) is 28.7 Å². The molecule has 12 unspecified atom stereocenters. The van der Waals surface area contributed by atoms with Gasteiger partial charge in [-0.25, -0.2) is 4.79 Å². The normalized spacial score (nSPS) is 14.4. The van der Waals surface area contributed by atoms with Crippen LogP contribution >= 0.6 is 12.6 Å². The van der Waals surface area contributed by atoms with Crippen molar-refractivity contribution in [1.29, 1.82) is 0 Å². The number of hydrogen-bond acceptors (Lipinski definition) is 21. The summed E-state index contributed by atoms with van der Waals surface area (Å²) in [4.78, 5) is 210. The fourth-order valence-corrected chi connectivity index (χ4v) is 12.2. The van der Waals surface area contributed by atoms with Crippen molar-refractivity contribution < 1.29 is 82.1 Å². The molecule has 4 rings (SSSR count). The Balaban J connectivity index is 1.56. The number of aromatic amines is 1. The molecule has 0 saturated carbocycles. The summed E-state index contributed by atoms with van der Waals surface area (Å²) in [6.45, 7) is 10.5. The molecule has 1 heterocycles. The Labute approximate surface area is 668 Å². The van der Waals surface area contributed by atoms with Gasteiger partial charge in [-0.1, -0.05) is 109 Å². The molecule has 12 atom stereocenters. The molecule has 1 aromatic heterocycles. The number of amides is 14. The number of unbranched alkanes of at least 4 members (excludes halogenated alkanes) is 3. The van der Waals surface area contributed by atoms with Gasteiger partial charge in [0.1, 0.15) is 72.2 Å². The van der Waals surface area contributed by atoms with Crippen molar-refractivity contribution in [3.05, 3.63) is 102 Å². The van der Waals surface area contributed by atoms with E-state index >= 15 is 0 Å². The molecule has 0 fully saturated rings. The number of rotatable bonds is 52. The van der Waals surface area contributed by atoms with Gasteiger partial charge < -0.3 is 113 Å². The summed E-state index contributed by atoms with van der Waals surface area (Å²) >= 11 is 4.35. The first-order valence-electron chi connectivity index (χ1n) is 38.3. The first-order chi connectivity index (χ1) is 54.1. The van der Waals surface area contributed by atoms with E-state index in [2.05, 4.69) is 86.7 Å². The molecule has 0 aliphatic heterocycles. The van der Waals surface area contributed by atoms with Crippen molar-refractivity contribution in [3.8, 4) is 5.75 Å². The number of phenolic OH excluding ortho intramolecular Hbond substituents is 1. The Morgan fingerprint density at radius 2 is 0.825 bits per heavy atom. The number of phenols is 1. The molecule has 26 N–H and O–H groups in total. The monoisotopic (exact) mass is 1610 g/mol. The van der Waals surface area contributed by atoms with E-state index in [-0.39, 0.29) is 44.4 Å². The second-order valence-electron chi connectivity index (χ2n) is 29.0. The van der Waals surface area contributed by atoms with Gasteiger partial charge in [0, 0.05) is 48.5 Å². The summed E-state index contributed by atoms with van der Waals surface area (Å²) in [5, 5.41) is 53.8. The SMILES string of the molecule is CC(NC(=O)C(Cc1ccccc1)NC(=O)C(NC(=O)C(Cc1c[nH]c2ccccc12)NC(=O)C(CS)NC(=O)C(CCC(N)=O)NC(=O)CNC(=O)C(Cc1ccc(O)cc1)NC(=O)C(CCCCN)NC(=O)C(NC(=O)C(CCCCN)NC(=O)C(N)CCCCN)C(C)C)C(C)C)C(=O)NCC(=O)NC(C(=O)O)C(C)C. The smallest absolute Gasteiger partial charge is 0.326 e. The number of carbonyl (C=O) groups excluding carboxylic acids is 14. The number of aliphatic carboxylic acids is 1. The number of benzene rings is 3. The van der Waals surface area contributed by atoms with Crippen LogP contribution < -0.4 is 97.8 Å². The molecular formula is C77H117N19O17S. The zero-order chi connectivity index (χ0) is 84.7. The second-order valence-corrected chi connectivity index (χ2v) is 29.4. The molecule has 0 spiro atoms. The van der Waals surface area contributed by atoms with Gasteiger partial charge in [-0.15, -0.1) is 0 Å². The molecule has 0 aliphatic rings. The van der Waals surface area contributed by atoms with E-state index in [1.165, 1.54) is 31.2 Å². The van der Waals surface area contributed by atoms with Gasteiger partial charge in [-0.05, 0) is 137 Å². The highest BCUT2D eigenvalue weighted by molar-refractivity contribution is 7.80. The molecule has 3 aromatic carbocycles. The van der Waals surface area contributed by atoms with Crippen LogP contribution in [-0.4, -0.2) is 215 Å². The van der Waals surface area contributed by atoms with Gasteiger partial charge in [-0.2, -0.15) is 12.6 Å². The van der Waals surface area contributed by atoms with E-state index < -0.39 is 211 Å². The van der Waals surface area contributed by atoms with Crippen LogP contribution in [-0.2, 0) is 91.2 Å². The fraction of sp³-hybridized carbons (Fsp3) is 0.545. The number of para-hydroxylation sites is 1. The molecular weight excluding hydrogens is 1500 g/mol. The van der Waals surface area contributed by atoms with Gasteiger partial charge >= 0.3 is 5.97 Å². The second kappa shape index (κ2) is 49.7. The topological polar surface area (TPSA) is 599 Å². The summed E-state index contributed by atoms with van der Waals surface area (Å²) in [5.41, 5.74) is 31.0. The number of fused-ring (bicyclic) bond motifs is 1. The lowest BCUT2D eigenvalue weighted by atomic mass is 9.99. The minimum atomic E-state index is -1.63. The number of carboxylic acid groups (broad SMARTS) is 1. The van der Waals surface area contributed by atoms with E-state index in [0.29, 0.717) is 85.6 Å². The van der Waals surface area contributed by atoms with Gasteiger partial charge in [0.15, 0.2) is 0 Å². The highest BCUT2D eigenvalue weighted by Gasteiger charge is 2.38. The number of carbonyl (C=O) groups is 15. The van der Waals surface area contributed by atoms with Crippen LogP contribution in [0.25, 0.3) is 10.9 Å². The maximum atomic E-state index is 14.8. The van der Waals surface area contributed by atoms with E-state index in [0.717, 1.165) is 0 Å². The number of hydrogen-bond donors (Lipinski definition) is 22. The van der Waals surface area contributed by atoms with Crippen molar-refractivity contribution >= 4 is 112 Å². The first kappa shape index (κ1) is 95.6. The zero-order valence-corrected chi connectivity index (χ0v) is 66.6. The number of H-pyrrole nitrogens is 1. The van der Waals surface area contributed by atoms with Gasteiger partial charge in [0.2, 0.25) is 82.7 Å². The van der Waals surface area contributed by atoms with Crippen LogP contribution in [0, 0.1) is 17.8 Å². The average molecular weight is 1610 g/mol. The molecule has 0 radical (unpaired) electrons. The Bertz CT molecular complexity index is 3870.